The minimum absolute atomic E-state index is 0.144. The lowest BCUT2D eigenvalue weighted by molar-refractivity contribution is 0.0934. The Morgan fingerprint density at radius 2 is 1.50 bits per heavy atom. The third-order valence-corrected chi connectivity index (χ3v) is 4.22. The van der Waals surface area contributed by atoms with Crippen molar-refractivity contribution in [1.29, 1.82) is 0 Å². The van der Waals surface area contributed by atoms with Gasteiger partial charge in [-0.15, -0.1) is 0 Å². The lowest BCUT2D eigenvalue weighted by Crippen LogP contribution is -2.28. The van der Waals surface area contributed by atoms with E-state index in [2.05, 4.69) is 15.6 Å². The monoisotopic (exact) mass is 375 g/mol. The molecule has 2 aromatic carbocycles. The van der Waals surface area contributed by atoms with Crippen LogP contribution in [0.2, 0.25) is 0 Å². The van der Waals surface area contributed by atoms with Crippen LogP contribution in [0.1, 0.15) is 39.5 Å². The summed E-state index contributed by atoms with van der Waals surface area (Å²) in [5.74, 6) is -0.222. The number of aromatic nitrogens is 1. The molecular weight excluding hydrogens is 354 g/mol. The molecule has 2 N–H and O–H groups in total. The minimum atomic E-state index is -0.421. The maximum Gasteiger partial charge on any atom is 0.274 e. The summed E-state index contributed by atoms with van der Waals surface area (Å²) in [6, 6.07) is 21.3. The number of benzene rings is 2. The molecule has 0 saturated heterocycles. The molecule has 3 aromatic rings. The van der Waals surface area contributed by atoms with Gasteiger partial charge in [0.15, 0.2) is 0 Å². The highest BCUT2D eigenvalue weighted by Crippen LogP contribution is 2.23. The number of hydrogen-bond acceptors (Lipinski definition) is 4. The van der Waals surface area contributed by atoms with Gasteiger partial charge < -0.3 is 15.4 Å². The highest BCUT2D eigenvalue weighted by atomic mass is 16.5. The number of para-hydroxylation sites is 2. The van der Waals surface area contributed by atoms with E-state index in [1.807, 2.05) is 43.3 Å². The van der Waals surface area contributed by atoms with Gasteiger partial charge in [-0.3, -0.25) is 9.59 Å². The van der Waals surface area contributed by atoms with Gasteiger partial charge in [-0.1, -0.05) is 48.5 Å². The van der Waals surface area contributed by atoms with Gasteiger partial charge in [-0.05, 0) is 36.8 Å². The average molecular weight is 375 g/mol. The molecule has 1 atom stereocenters. The summed E-state index contributed by atoms with van der Waals surface area (Å²) < 4.78 is 5.23. The van der Waals surface area contributed by atoms with Crippen molar-refractivity contribution >= 4 is 17.5 Å². The second kappa shape index (κ2) is 8.81. The lowest BCUT2D eigenvalue weighted by Gasteiger charge is -2.14. The zero-order valence-corrected chi connectivity index (χ0v) is 15.7. The van der Waals surface area contributed by atoms with E-state index in [9.17, 15) is 9.59 Å². The van der Waals surface area contributed by atoms with Crippen LogP contribution in [-0.4, -0.2) is 23.9 Å². The molecule has 0 spiro atoms. The van der Waals surface area contributed by atoms with Crippen molar-refractivity contribution in [2.24, 2.45) is 0 Å². The summed E-state index contributed by atoms with van der Waals surface area (Å²) in [6.07, 6.45) is 0. The fourth-order valence-electron chi connectivity index (χ4n) is 2.72. The van der Waals surface area contributed by atoms with E-state index >= 15 is 0 Å². The molecule has 3 rings (SSSR count). The maximum absolute atomic E-state index is 12.5. The first-order valence-corrected chi connectivity index (χ1v) is 8.85. The zero-order valence-electron chi connectivity index (χ0n) is 15.7. The molecular formula is C22H21N3O3. The van der Waals surface area contributed by atoms with E-state index in [1.54, 1.807) is 36.4 Å². The quantitative estimate of drug-likeness (QED) is 0.686. The fraction of sp³-hybridized carbons (Fsp3) is 0.136. The van der Waals surface area contributed by atoms with Crippen LogP contribution < -0.4 is 15.4 Å². The van der Waals surface area contributed by atoms with Gasteiger partial charge in [0.05, 0.1) is 18.8 Å². The second-order valence-corrected chi connectivity index (χ2v) is 6.17. The topological polar surface area (TPSA) is 80.3 Å². The molecule has 1 heterocycles. The Morgan fingerprint density at radius 3 is 2.21 bits per heavy atom. The van der Waals surface area contributed by atoms with Crippen LogP contribution >= 0.6 is 0 Å². The highest BCUT2D eigenvalue weighted by molar-refractivity contribution is 6.04. The van der Waals surface area contributed by atoms with Gasteiger partial charge in [0.25, 0.3) is 11.8 Å². The van der Waals surface area contributed by atoms with Gasteiger partial charge in [-0.25, -0.2) is 4.98 Å². The minimum Gasteiger partial charge on any atom is -0.495 e. The lowest BCUT2D eigenvalue weighted by atomic mass is 10.1. The predicted molar refractivity (Wildman–Crippen MR) is 108 cm³/mol. The Balaban J connectivity index is 1.72. The Hall–Kier alpha value is -3.67. The Kier molecular flexibility index (Phi) is 6.01. The van der Waals surface area contributed by atoms with E-state index < -0.39 is 5.91 Å². The van der Waals surface area contributed by atoms with Crippen molar-refractivity contribution in [2.75, 3.05) is 12.4 Å². The first kappa shape index (κ1) is 19.1. The molecule has 0 radical (unpaired) electrons. The predicted octanol–water partition coefficient (Wildman–Crippen LogP) is 3.83. The zero-order chi connectivity index (χ0) is 19.9. The third kappa shape index (κ3) is 4.54. The molecule has 0 aliphatic heterocycles. The number of methoxy groups -OCH3 is 1. The summed E-state index contributed by atoms with van der Waals surface area (Å²) in [5, 5.41) is 5.65. The van der Waals surface area contributed by atoms with E-state index in [-0.39, 0.29) is 23.3 Å². The first-order valence-electron chi connectivity index (χ1n) is 8.85. The van der Waals surface area contributed by atoms with Gasteiger partial charge in [0.2, 0.25) is 0 Å². The summed E-state index contributed by atoms with van der Waals surface area (Å²) in [5.41, 5.74) is 1.84. The van der Waals surface area contributed by atoms with Gasteiger partial charge in [0.1, 0.15) is 17.1 Å². The fourth-order valence-corrected chi connectivity index (χ4v) is 2.72. The van der Waals surface area contributed by atoms with Crippen LogP contribution in [-0.2, 0) is 0 Å². The molecule has 0 aliphatic rings. The molecule has 1 unspecified atom stereocenters. The van der Waals surface area contributed by atoms with Crippen molar-refractivity contribution < 1.29 is 14.3 Å². The molecule has 6 heteroatoms. The maximum atomic E-state index is 12.5. The van der Waals surface area contributed by atoms with Gasteiger partial charge in [-0.2, -0.15) is 0 Å². The van der Waals surface area contributed by atoms with Crippen LogP contribution in [0, 0.1) is 0 Å². The summed E-state index contributed by atoms with van der Waals surface area (Å²) in [6.45, 7) is 1.89. The molecule has 1 aromatic heterocycles. The van der Waals surface area contributed by atoms with Crippen molar-refractivity contribution in [2.45, 2.75) is 13.0 Å². The van der Waals surface area contributed by atoms with Crippen molar-refractivity contribution in [3.8, 4) is 5.75 Å². The SMILES string of the molecule is COc1ccccc1NC(=O)c1cccc(C(=O)NC(C)c2ccccc2)n1. The number of amides is 2. The van der Waals surface area contributed by atoms with Gasteiger partial charge in [0, 0.05) is 0 Å². The number of nitrogens with one attached hydrogen (secondary N) is 2. The number of ether oxygens (including phenoxy) is 1. The molecule has 142 valence electrons. The number of rotatable bonds is 6. The number of carbonyl (C=O) groups excluding carboxylic acids is 2. The molecule has 2 amide bonds. The van der Waals surface area contributed by atoms with Crippen molar-refractivity contribution in [1.82, 2.24) is 10.3 Å². The molecule has 28 heavy (non-hydrogen) atoms. The summed E-state index contributed by atoms with van der Waals surface area (Å²) in [4.78, 5) is 29.3. The first-order chi connectivity index (χ1) is 13.6. The van der Waals surface area contributed by atoms with Crippen LogP contribution in [0.25, 0.3) is 0 Å². The van der Waals surface area contributed by atoms with Gasteiger partial charge >= 0.3 is 0 Å². The average Bonchev–Trinajstić information content (AvgIpc) is 2.74. The Bertz CT molecular complexity index is 974. The smallest absolute Gasteiger partial charge is 0.274 e. The van der Waals surface area contributed by atoms with E-state index in [0.29, 0.717) is 11.4 Å². The second-order valence-electron chi connectivity index (χ2n) is 6.17. The number of anilines is 1. The molecule has 6 nitrogen and oxygen atoms in total. The van der Waals surface area contributed by atoms with Crippen molar-refractivity contribution in [3.05, 3.63) is 89.7 Å². The normalized spacial score (nSPS) is 11.4. The van der Waals surface area contributed by atoms with Crippen LogP contribution in [0.5, 0.6) is 5.75 Å². The highest BCUT2D eigenvalue weighted by Gasteiger charge is 2.16. The molecule has 0 fully saturated rings. The van der Waals surface area contributed by atoms with E-state index in [0.717, 1.165) is 5.56 Å². The standard InChI is InChI=1S/C22H21N3O3/c1-15(16-9-4-3-5-10-16)23-21(26)18-12-8-13-19(24-18)22(27)25-17-11-6-7-14-20(17)28-2/h3-15H,1-2H3,(H,23,26)(H,25,27). The number of carbonyl (C=O) groups is 2. The Labute approximate surface area is 163 Å². The van der Waals surface area contributed by atoms with E-state index in [1.165, 1.54) is 7.11 Å². The number of hydrogen-bond donors (Lipinski definition) is 2. The van der Waals surface area contributed by atoms with Crippen LogP contribution in [0.15, 0.2) is 72.8 Å². The van der Waals surface area contributed by atoms with Crippen LogP contribution in [0.4, 0.5) is 5.69 Å². The van der Waals surface area contributed by atoms with E-state index in [4.69, 9.17) is 4.74 Å². The van der Waals surface area contributed by atoms with Crippen molar-refractivity contribution in [3.63, 3.8) is 0 Å². The number of nitrogens with zero attached hydrogens (tertiary/aromatic N) is 1. The number of pyridine rings is 1. The Morgan fingerprint density at radius 1 is 0.857 bits per heavy atom. The van der Waals surface area contributed by atoms with Crippen LogP contribution in [0.3, 0.4) is 0 Å². The molecule has 0 saturated carbocycles. The third-order valence-electron chi connectivity index (χ3n) is 4.22. The summed E-state index contributed by atoms with van der Waals surface area (Å²) in [7, 11) is 1.53. The molecule has 0 bridgehead atoms. The summed E-state index contributed by atoms with van der Waals surface area (Å²) >= 11 is 0. The molecule has 0 aliphatic carbocycles. The largest absolute Gasteiger partial charge is 0.495 e.